The number of urea groups is 1. The lowest BCUT2D eigenvalue weighted by Gasteiger charge is -2.20. The van der Waals surface area contributed by atoms with E-state index in [1.165, 1.54) is 0 Å². The number of carbonyl (C=O) groups excluding carboxylic acids is 1. The number of benzene rings is 1. The third-order valence-corrected chi connectivity index (χ3v) is 3.74. The lowest BCUT2D eigenvalue weighted by atomic mass is 9.97. The molecule has 0 saturated heterocycles. The van der Waals surface area contributed by atoms with Crippen molar-refractivity contribution in [1.29, 1.82) is 0 Å². The van der Waals surface area contributed by atoms with Crippen molar-refractivity contribution in [2.75, 3.05) is 18.0 Å². The van der Waals surface area contributed by atoms with E-state index < -0.39 is 11.9 Å². The lowest BCUT2D eigenvalue weighted by molar-refractivity contribution is -0.142. The smallest absolute Gasteiger partial charge is 0.321 e. The Labute approximate surface area is 125 Å². The summed E-state index contributed by atoms with van der Waals surface area (Å²) >= 11 is 0. The molecule has 0 aliphatic carbocycles. The summed E-state index contributed by atoms with van der Waals surface area (Å²) in [5.74, 6) is -1.10. The van der Waals surface area contributed by atoms with Crippen molar-refractivity contribution in [2.24, 2.45) is 11.8 Å². The van der Waals surface area contributed by atoms with Crippen molar-refractivity contribution in [2.45, 2.75) is 26.7 Å². The summed E-state index contributed by atoms with van der Waals surface area (Å²) in [7, 11) is 0. The van der Waals surface area contributed by atoms with Crippen LogP contribution in [0.4, 0.5) is 10.5 Å². The molecule has 1 aliphatic heterocycles. The summed E-state index contributed by atoms with van der Waals surface area (Å²) in [5.41, 5.74) is 2.08. The maximum absolute atomic E-state index is 12.2. The number of hydrogen-bond acceptors (Lipinski definition) is 2. The van der Waals surface area contributed by atoms with E-state index in [1.807, 2.05) is 38.1 Å². The maximum atomic E-state index is 12.2. The molecule has 0 bridgehead atoms. The van der Waals surface area contributed by atoms with Gasteiger partial charge in [-0.05, 0) is 30.4 Å². The minimum atomic E-state index is -0.856. The van der Waals surface area contributed by atoms with Crippen molar-refractivity contribution in [1.82, 2.24) is 5.32 Å². The van der Waals surface area contributed by atoms with Gasteiger partial charge in [0.15, 0.2) is 0 Å². The van der Waals surface area contributed by atoms with Crippen molar-refractivity contribution < 1.29 is 14.7 Å². The van der Waals surface area contributed by atoms with Crippen LogP contribution < -0.4 is 10.2 Å². The van der Waals surface area contributed by atoms with E-state index in [0.29, 0.717) is 13.0 Å². The molecule has 2 N–H and O–H groups in total. The number of rotatable bonds is 5. The molecule has 1 aromatic rings. The van der Waals surface area contributed by atoms with E-state index >= 15 is 0 Å². The molecule has 114 valence electrons. The van der Waals surface area contributed by atoms with Crippen LogP contribution in [0.5, 0.6) is 0 Å². The average molecular weight is 290 g/mol. The number of nitrogens with one attached hydrogen (secondary N) is 1. The second-order valence-corrected chi connectivity index (χ2v) is 5.88. The molecule has 2 rings (SSSR count). The van der Waals surface area contributed by atoms with Crippen molar-refractivity contribution >= 4 is 17.7 Å². The minimum Gasteiger partial charge on any atom is -0.481 e. The Morgan fingerprint density at radius 3 is 2.71 bits per heavy atom. The van der Waals surface area contributed by atoms with Crippen LogP contribution in [0.2, 0.25) is 0 Å². The summed E-state index contributed by atoms with van der Waals surface area (Å²) in [6.45, 7) is 4.78. The number of carboxylic acids is 1. The first-order valence-electron chi connectivity index (χ1n) is 7.35. The van der Waals surface area contributed by atoms with E-state index in [2.05, 4.69) is 5.32 Å². The van der Waals surface area contributed by atoms with Gasteiger partial charge in [-0.25, -0.2) is 4.79 Å². The molecule has 0 saturated carbocycles. The molecular formula is C16H22N2O3. The van der Waals surface area contributed by atoms with Crippen LogP contribution in [-0.4, -0.2) is 30.2 Å². The highest BCUT2D eigenvalue weighted by atomic mass is 16.4. The maximum Gasteiger partial charge on any atom is 0.321 e. The van der Waals surface area contributed by atoms with Crippen LogP contribution in [0.25, 0.3) is 0 Å². The summed E-state index contributed by atoms with van der Waals surface area (Å²) in [6, 6.07) is 7.59. The molecule has 0 aromatic heterocycles. The number of amides is 2. The Balaban J connectivity index is 1.95. The molecule has 1 atom stereocenters. The molecule has 2 amide bonds. The Morgan fingerprint density at radius 1 is 1.33 bits per heavy atom. The minimum absolute atomic E-state index is 0.172. The van der Waals surface area contributed by atoms with Gasteiger partial charge < -0.3 is 10.4 Å². The SMILES string of the molecule is CC(C)CC(CNC(=O)N1CCc2ccccc21)C(=O)O. The van der Waals surface area contributed by atoms with E-state index in [9.17, 15) is 14.7 Å². The van der Waals surface area contributed by atoms with Gasteiger partial charge in [0.1, 0.15) is 0 Å². The fourth-order valence-electron chi connectivity index (χ4n) is 2.70. The number of carbonyl (C=O) groups is 2. The molecule has 1 unspecified atom stereocenters. The number of hydrogen-bond donors (Lipinski definition) is 2. The summed E-state index contributed by atoms with van der Waals surface area (Å²) in [6.07, 6.45) is 1.41. The Morgan fingerprint density at radius 2 is 2.05 bits per heavy atom. The zero-order valence-corrected chi connectivity index (χ0v) is 12.5. The second kappa shape index (κ2) is 6.61. The van der Waals surface area contributed by atoms with Crippen LogP contribution >= 0.6 is 0 Å². The van der Waals surface area contributed by atoms with E-state index in [-0.39, 0.29) is 18.5 Å². The van der Waals surface area contributed by atoms with Gasteiger partial charge in [0.25, 0.3) is 0 Å². The quantitative estimate of drug-likeness (QED) is 0.875. The van der Waals surface area contributed by atoms with Crippen molar-refractivity contribution in [3.8, 4) is 0 Å². The van der Waals surface area contributed by atoms with E-state index in [1.54, 1.807) is 4.90 Å². The van der Waals surface area contributed by atoms with Gasteiger partial charge in [0, 0.05) is 18.8 Å². The van der Waals surface area contributed by atoms with Crippen LogP contribution in [0.1, 0.15) is 25.8 Å². The van der Waals surface area contributed by atoms with Crippen molar-refractivity contribution in [3.05, 3.63) is 29.8 Å². The predicted molar refractivity (Wildman–Crippen MR) is 81.5 cm³/mol. The van der Waals surface area contributed by atoms with Crippen molar-refractivity contribution in [3.63, 3.8) is 0 Å². The summed E-state index contributed by atoms with van der Waals surface area (Å²) in [5, 5.41) is 12.0. The van der Waals surface area contributed by atoms with Gasteiger partial charge in [0.05, 0.1) is 5.92 Å². The largest absolute Gasteiger partial charge is 0.481 e. The molecule has 1 heterocycles. The number of para-hydroxylation sites is 1. The van der Waals surface area contributed by atoms with Gasteiger partial charge in [-0.15, -0.1) is 0 Å². The first-order valence-corrected chi connectivity index (χ1v) is 7.35. The molecule has 21 heavy (non-hydrogen) atoms. The van der Waals surface area contributed by atoms with Gasteiger partial charge in [-0.3, -0.25) is 9.69 Å². The van der Waals surface area contributed by atoms with Crippen LogP contribution in [0.3, 0.4) is 0 Å². The number of carboxylic acid groups (broad SMARTS) is 1. The van der Waals surface area contributed by atoms with Crippen LogP contribution in [0.15, 0.2) is 24.3 Å². The Kier molecular flexibility index (Phi) is 4.83. The zero-order chi connectivity index (χ0) is 15.4. The summed E-state index contributed by atoms with van der Waals surface area (Å²) in [4.78, 5) is 25.1. The predicted octanol–water partition coefficient (Wildman–Crippen LogP) is 2.51. The number of aliphatic carboxylic acids is 1. The molecule has 0 fully saturated rings. The molecule has 0 spiro atoms. The van der Waals surface area contributed by atoms with E-state index in [0.717, 1.165) is 17.7 Å². The number of nitrogens with zero attached hydrogens (tertiary/aromatic N) is 1. The highest BCUT2D eigenvalue weighted by Crippen LogP contribution is 2.27. The summed E-state index contributed by atoms with van der Waals surface area (Å²) < 4.78 is 0. The van der Waals surface area contributed by atoms with Gasteiger partial charge >= 0.3 is 12.0 Å². The Bertz CT molecular complexity index is 528. The molecular weight excluding hydrogens is 268 g/mol. The van der Waals surface area contributed by atoms with Crippen LogP contribution in [-0.2, 0) is 11.2 Å². The molecule has 5 heteroatoms. The highest BCUT2D eigenvalue weighted by molar-refractivity contribution is 5.94. The Hall–Kier alpha value is -2.04. The zero-order valence-electron chi connectivity index (χ0n) is 12.5. The monoisotopic (exact) mass is 290 g/mol. The fourth-order valence-corrected chi connectivity index (χ4v) is 2.70. The third kappa shape index (κ3) is 3.74. The average Bonchev–Trinajstić information content (AvgIpc) is 2.86. The first-order chi connectivity index (χ1) is 9.99. The number of fused-ring (bicyclic) bond motifs is 1. The second-order valence-electron chi connectivity index (χ2n) is 5.88. The lowest BCUT2D eigenvalue weighted by Crippen LogP contribution is -2.42. The van der Waals surface area contributed by atoms with Gasteiger partial charge in [-0.2, -0.15) is 0 Å². The molecule has 1 aromatic carbocycles. The van der Waals surface area contributed by atoms with E-state index in [4.69, 9.17) is 0 Å². The van der Waals surface area contributed by atoms with Crippen LogP contribution in [0, 0.1) is 11.8 Å². The topological polar surface area (TPSA) is 69.6 Å². The third-order valence-electron chi connectivity index (χ3n) is 3.74. The molecule has 1 aliphatic rings. The first kappa shape index (κ1) is 15.4. The fraction of sp³-hybridized carbons (Fsp3) is 0.500. The molecule has 0 radical (unpaired) electrons. The highest BCUT2D eigenvalue weighted by Gasteiger charge is 2.26. The molecule has 5 nitrogen and oxygen atoms in total. The number of anilines is 1. The normalized spacial score (nSPS) is 14.9. The standard InChI is InChI=1S/C16H22N2O3/c1-11(2)9-13(15(19)20)10-17-16(21)18-8-7-12-5-3-4-6-14(12)18/h3-6,11,13H,7-10H2,1-2H3,(H,17,21)(H,19,20). The van der Waals surface area contributed by atoms with Gasteiger partial charge in [-0.1, -0.05) is 32.0 Å². The van der Waals surface area contributed by atoms with Gasteiger partial charge in [0.2, 0.25) is 0 Å².